The highest BCUT2D eigenvalue weighted by Gasteiger charge is 2.47. The molecule has 3 heterocycles. The van der Waals surface area contributed by atoms with Crippen LogP contribution in [-0.4, -0.2) is 88.4 Å². The Labute approximate surface area is 237 Å². The lowest BCUT2D eigenvalue weighted by Crippen LogP contribution is -2.43. The van der Waals surface area contributed by atoms with E-state index in [9.17, 15) is 37.5 Å². The third kappa shape index (κ3) is 6.89. The molecule has 2 aliphatic rings. The van der Waals surface area contributed by atoms with Crippen LogP contribution in [0, 0.1) is 11.3 Å². The van der Waals surface area contributed by atoms with E-state index in [4.69, 9.17) is 5.26 Å². The highest BCUT2D eigenvalue weighted by atomic mass is 19.3. The highest BCUT2D eigenvalue weighted by molar-refractivity contribution is 6.13. The van der Waals surface area contributed by atoms with Crippen LogP contribution in [0.15, 0.2) is 42.6 Å². The number of hydrogen-bond donors (Lipinski definition) is 3. The van der Waals surface area contributed by atoms with Gasteiger partial charge in [-0.05, 0) is 12.1 Å². The maximum absolute atomic E-state index is 13.7. The smallest absolute Gasteiger partial charge is 0.268 e. The number of nitrogens with zero attached hydrogens (tertiary/aromatic N) is 4. The van der Waals surface area contributed by atoms with Gasteiger partial charge in [0.15, 0.2) is 0 Å². The molecular weight excluding hydrogens is 556 g/mol. The van der Waals surface area contributed by atoms with Gasteiger partial charge in [0.25, 0.3) is 23.6 Å². The molecule has 42 heavy (non-hydrogen) atoms. The van der Waals surface area contributed by atoms with Crippen LogP contribution < -0.4 is 16.0 Å². The van der Waals surface area contributed by atoms with Crippen LogP contribution in [0.3, 0.4) is 0 Å². The number of alkyl halides is 2. The Balaban J connectivity index is 1.31. The Morgan fingerprint density at radius 1 is 1.05 bits per heavy atom. The molecule has 15 heteroatoms. The number of imide groups is 1. The number of nitrogens with one attached hydrogen (secondary N) is 3. The standard InChI is InChI=1S/C27H25F2N7O6/c28-27(29)12-16(13-30)36(15-27)24(41)14-33-26(42)18-8-9-32-25-17(18)2-1-3-19(25)34-21(38)5-4-20(37)31-10-11-35-22(39)6-7-23(35)40/h1-3,6-9,16H,4-5,10-12,14-15H2,(H,31,37)(H,33,42)(H,34,38)/t16-/m0/s1. The predicted octanol–water partition coefficient (Wildman–Crippen LogP) is 0.484. The van der Waals surface area contributed by atoms with Crippen molar-refractivity contribution in [3.8, 4) is 6.07 Å². The quantitative estimate of drug-likeness (QED) is 0.339. The van der Waals surface area contributed by atoms with E-state index in [0.717, 1.165) is 22.0 Å². The lowest BCUT2D eigenvalue weighted by atomic mass is 10.1. The summed E-state index contributed by atoms with van der Waals surface area (Å²) in [5.74, 6) is -6.59. The largest absolute Gasteiger partial charge is 0.354 e. The molecule has 1 aromatic carbocycles. The zero-order chi connectivity index (χ0) is 30.4. The van der Waals surface area contributed by atoms with Crippen molar-refractivity contribution in [2.75, 3.05) is 31.5 Å². The minimum Gasteiger partial charge on any atom is -0.354 e. The molecule has 13 nitrogen and oxygen atoms in total. The molecular formula is C27H25F2N7O6. The van der Waals surface area contributed by atoms with Crippen molar-refractivity contribution in [2.24, 2.45) is 0 Å². The van der Waals surface area contributed by atoms with Crippen molar-refractivity contribution in [3.63, 3.8) is 0 Å². The number of hydrogen-bond acceptors (Lipinski definition) is 8. The summed E-state index contributed by atoms with van der Waals surface area (Å²) in [7, 11) is 0. The Morgan fingerprint density at radius 2 is 1.76 bits per heavy atom. The van der Waals surface area contributed by atoms with Crippen LogP contribution in [0.1, 0.15) is 29.6 Å². The number of rotatable bonds is 10. The number of pyridine rings is 1. The van der Waals surface area contributed by atoms with E-state index in [1.165, 1.54) is 12.3 Å². The monoisotopic (exact) mass is 581 g/mol. The van der Waals surface area contributed by atoms with Gasteiger partial charge in [0.05, 0.1) is 35.9 Å². The number of amides is 6. The topological polar surface area (TPSA) is 182 Å². The fourth-order valence-corrected chi connectivity index (χ4v) is 4.51. The van der Waals surface area contributed by atoms with Gasteiger partial charge in [0.1, 0.15) is 6.04 Å². The second-order valence-corrected chi connectivity index (χ2v) is 9.53. The summed E-state index contributed by atoms with van der Waals surface area (Å²) in [5, 5.41) is 17.0. The lowest BCUT2D eigenvalue weighted by Gasteiger charge is -2.19. The summed E-state index contributed by atoms with van der Waals surface area (Å²) in [6, 6.07) is 6.46. The number of likely N-dealkylation sites (tertiary alicyclic amines) is 1. The van der Waals surface area contributed by atoms with Gasteiger partial charge >= 0.3 is 0 Å². The molecule has 218 valence electrons. The number of anilines is 1. The minimum absolute atomic E-state index is 0.00291. The first-order valence-electron chi connectivity index (χ1n) is 12.8. The molecule has 2 aromatic rings. The van der Waals surface area contributed by atoms with E-state index >= 15 is 0 Å². The molecule has 1 atom stereocenters. The zero-order valence-electron chi connectivity index (χ0n) is 22.1. The van der Waals surface area contributed by atoms with Gasteiger partial charge in [-0.3, -0.25) is 38.7 Å². The Hall–Kier alpha value is -5.26. The van der Waals surface area contributed by atoms with Crippen LogP contribution in [0.5, 0.6) is 0 Å². The van der Waals surface area contributed by atoms with Gasteiger partial charge in [0.2, 0.25) is 17.7 Å². The van der Waals surface area contributed by atoms with Crippen LogP contribution in [0.25, 0.3) is 10.9 Å². The fourth-order valence-electron chi connectivity index (χ4n) is 4.51. The molecule has 1 fully saturated rings. The SMILES string of the molecule is N#C[C@@H]1CC(F)(F)CN1C(=O)CNC(=O)c1ccnc2c(NC(=O)CCC(=O)NCCN3C(=O)C=CC3=O)cccc12. The molecule has 1 saturated heterocycles. The maximum Gasteiger partial charge on any atom is 0.268 e. The fraction of sp³-hybridized carbons (Fsp3) is 0.333. The molecule has 0 bridgehead atoms. The second-order valence-electron chi connectivity index (χ2n) is 9.53. The first-order chi connectivity index (χ1) is 20.0. The molecule has 0 radical (unpaired) electrons. The van der Waals surface area contributed by atoms with E-state index < -0.39 is 66.9 Å². The summed E-state index contributed by atoms with van der Waals surface area (Å²) in [6.45, 7) is -1.46. The molecule has 2 aliphatic heterocycles. The number of nitriles is 1. The van der Waals surface area contributed by atoms with E-state index in [0.29, 0.717) is 5.39 Å². The average Bonchev–Trinajstić information content (AvgIpc) is 3.46. The number of carbonyl (C=O) groups is 6. The third-order valence-electron chi connectivity index (χ3n) is 6.57. The van der Waals surface area contributed by atoms with Crippen LogP contribution in [0.2, 0.25) is 0 Å². The highest BCUT2D eigenvalue weighted by Crippen LogP contribution is 2.31. The summed E-state index contributed by atoms with van der Waals surface area (Å²) in [4.78, 5) is 78.9. The first kappa shape index (κ1) is 29.7. The van der Waals surface area contributed by atoms with Gasteiger partial charge in [-0.25, -0.2) is 8.78 Å². The molecule has 0 unspecified atom stereocenters. The third-order valence-corrected chi connectivity index (χ3v) is 6.57. The number of para-hydroxylation sites is 1. The van der Waals surface area contributed by atoms with Crippen LogP contribution >= 0.6 is 0 Å². The normalized spacial score (nSPS) is 17.3. The zero-order valence-corrected chi connectivity index (χ0v) is 22.1. The van der Waals surface area contributed by atoms with Crippen LogP contribution in [0.4, 0.5) is 14.5 Å². The summed E-state index contributed by atoms with van der Waals surface area (Å²) in [6.07, 6.45) is 2.48. The first-order valence-corrected chi connectivity index (χ1v) is 12.8. The van der Waals surface area contributed by atoms with Gasteiger partial charge in [-0.15, -0.1) is 0 Å². The Kier molecular flexibility index (Phi) is 8.84. The summed E-state index contributed by atoms with van der Waals surface area (Å²) in [5.41, 5.74) is 0.627. The van der Waals surface area contributed by atoms with Gasteiger partial charge in [-0.1, -0.05) is 12.1 Å². The van der Waals surface area contributed by atoms with Crippen molar-refractivity contribution in [1.29, 1.82) is 5.26 Å². The maximum atomic E-state index is 13.7. The number of carbonyl (C=O) groups excluding carboxylic acids is 6. The molecule has 4 rings (SSSR count). The molecule has 0 spiro atoms. The Bertz CT molecular complexity index is 1520. The van der Waals surface area contributed by atoms with Gasteiger partial charge in [0, 0.05) is 56.1 Å². The van der Waals surface area contributed by atoms with Crippen molar-refractivity contribution < 1.29 is 37.5 Å². The average molecular weight is 582 g/mol. The predicted molar refractivity (Wildman–Crippen MR) is 141 cm³/mol. The lowest BCUT2D eigenvalue weighted by molar-refractivity contribution is -0.137. The summed E-state index contributed by atoms with van der Waals surface area (Å²) >= 11 is 0. The number of halogens is 2. The van der Waals surface area contributed by atoms with E-state index in [2.05, 4.69) is 20.9 Å². The minimum atomic E-state index is -3.18. The number of fused-ring (bicyclic) bond motifs is 1. The van der Waals surface area contributed by atoms with Crippen molar-refractivity contribution in [1.82, 2.24) is 25.4 Å². The summed E-state index contributed by atoms with van der Waals surface area (Å²) < 4.78 is 27.3. The molecule has 6 amide bonds. The number of benzene rings is 1. The molecule has 3 N–H and O–H groups in total. The van der Waals surface area contributed by atoms with E-state index in [1.807, 2.05) is 0 Å². The number of aromatic nitrogens is 1. The second kappa shape index (κ2) is 12.5. The molecule has 1 aromatic heterocycles. The van der Waals surface area contributed by atoms with Gasteiger partial charge in [-0.2, -0.15) is 5.26 Å². The van der Waals surface area contributed by atoms with E-state index in [1.54, 1.807) is 24.3 Å². The molecule has 0 saturated carbocycles. The van der Waals surface area contributed by atoms with Crippen molar-refractivity contribution in [2.45, 2.75) is 31.2 Å². The van der Waals surface area contributed by atoms with Crippen molar-refractivity contribution >= 4 is 52.0 Å². The van der Waals surface area contributed by atoms with Crippen molar-refractivity contribution in [3.05, 3.63) is 48.2 Å². The van der Waals surface area contributed by atoms with E-state index in [-0.39, 0.29) is 42.7 Å². The Morgan fingerprint density at radius 3 is 2.48 bits per heavy atom. The molecule has 0 aliphatic carbocycles. The van der Waals surface area contributed by atoms with Crippen LogP contribution in [-0.2, 0) is 24.0 Å². The van der Waals surface area contributed by atoms with Gasteiger partial charge < -0.3 is 20.9 Å².